The molecule has 0 unspecified atom stereocenters. The number of halogens is 1. The van der Waals surface area contributed by atoms with Gasteiger partial charge in [0, 0.05) is 5.92 Å². The van der Waals surface area contributed by atoms with Crippen LogP contribution in [0.4, 0.5) is 0 Å². The number of nitrogens with one attached hydrogen (secondary N) is 1. The van der Waals surface area contributed by atoms with Gasteiger partial charge in [-0.05, 0) is 12.8 Å². The highest BCUT2D eigenvalue weighted by Gasteiger charge is 2.17. The number of ether oxygens (including phenoxy) is 1. The second kappa shape index (κ2) is 5.42. The molecule has 1 aliphatic carbocycles. The van der Waals surface area contributed by atoms with E-state index in [9.17, 15) is 0 Å². The summed E-state index contributed by atoms with van der Waals surface area (Å²) in [5, 5.41) is 7.41. The van der Waals surface area contributed by atoms with Crippen molar-refractivity contribution in [1.29, 1.82) is 5.41 Å². The Balaban J connectivity index is 0.000001000. The highest BCUT2D eigenvalue weighted by atomic mass is 35.5. The van der Waals surface area contributed by atoms with Crippen molar-refractivity contribution in [3.63, 3.8) is 0 Å². The summed E-state index contributed by atoms with van der Waals surface area (Å²) in [6.45, 7) is 0. The first-order chi connectivity index (χ1) is 4.84. The molecule has 1 fully saturated rings. The lowest BCUT2D eigenvalue weighted by Gasteiger charge is -2.20. The van der Waals surface area contributed by atoms with Gasteiger partial charge < -0.3 is 4.74 Å². The molecule has 11 heavy (non-hydrogen) atoms. The Labute approximate surface area is 74.2 Å². The lowest BCUT2D eigenvalue weighted by Crippen LogP contribution is -2.17. The number of hydrogen-bond acceptors (Lipinski definition) is 2. The van der Waals surface area contributed by atoms with Gasteiger partial charge in [0.15, 0.2) is 5.90 Å². The average Bonchev–Trinajstić information content (AvgIpc) is 2.05. The van der Waals surface area contributed by atoms with Crippen LogP contribution < -0.4 is 0 Å². The monoisotopic (exact) mass is 177 g/mol. The SMILES string of the molecule is COC(=N)C1CCCCC1.Cl. The third-order valence-corrected chi connectivity index (χ3v) is 2.20. The maximum atomic E-state index is 7.41. The largest absolute Gasteiger partial charge is 0.484 e. The van der Waals surface area contributed by atoms with Gasteiger partial charge in [0.2, 0.25) is 0 Å². The van der Waals surface area contributed by atoms with Crippen molar-refractivity contribution in [2.75, 3.05) is 7.11 Å². The summed E-state index contributed by atoms with van der Waals surface area (Å²) in [4.78, 5) is 0. The van der Waals surface area contributed by atoms with Crippen LogP contribution in [0.3, 0.4) is 0 Å². The van der Waals surface area contributed by atoms with Gasteiger partial charge in [-0.1, -0.05) is 19.3 Å². The standard InChI is InChI=1S/C8H15NO.ClH/c1-10-8(9)7-5-3-2-4-6-7;/h7,9H,2-6H2,1H3;1H. The van der Waals surface area contributed by atoms with E-state index >= 15 is 0 Å². The third kappa shape index (κ3) is 3.10. The topological polar surface area (TPSA) is 33.1 Å². The summed E-state index contributed by atoms with van der Waals surface area (Å²) in [7, 11) is 1.59. The summed E-state index contributed by atoms with van der Waals surface area (Å²) in [5.74, 6) is 0.915. The molecule has 1 saturated carbocycles. The maximum absolute atomic E-state index is 7.41. The van der Waals surface area contributed by atoms with E-state index in [1.165, 1.54) is 19.3 Å². The van der Waals surface area contributed by atoms with Crippen LogP contribution in [-0.2, 0) is 4.74 Å². The zero-order chi connectivity index (χ0) is 7.40. The quantitative estimate of drug-likeness (QED) is 0.485. The van der Waals surface area contributed by atoms with E-state index in [-0.39, 0.29) is 12.4 Å². The van der Waals surface area contributed by atoms with E-state index in [0.29, 0.717) is 11.8 Å². The molecule has 3 heteroatoms. The number of rotatable bonds is 1. The Hall–Kier alpha value is -0.240. The van der Waals surface area contributed by atoms with Crippen LogP contribution in [0.5, 0.6) is 0 Å². The van der Waals surface area contributed by atoms with Crippen molar-refractivity contribution in [2.24, 2.45) is 5.92 Å². The molecule has 0 amide bonds. The predicted octanol–water partition coefficient (Wildman–Crippen LogP) is 2.61. The van der Waals surface area contributed by atoms with Gasteiger partial charge in [-0.3, -0.25) is 5.41 Å². The van der Waals surface area contributed by atoms with Crippen LogP contribution in [0.15, 0.2) is 0 Å². The molecule has 0 aromatic carbocycles. The Kier molecular flexibility index (Phi) is 5.30. The number of hydrogen-bond donors (Lipinski definition) is 1. The Morgan fingerprint density at radius 1 is 1.27 bits per heavy atom. The molecular formula is C8H16ClNO. The first-order valence-electron chi connectivity index (χ1n) is 3.97. The van der Waals surface area contributed by atoms with Gasteiger partial charge in [0.05, 0.1) is 7.11 Å². The maximum Gasteiger partial charge on any atom is 0.183 e. The van der Waals surface area contributed by atoms with Crippen molar-refractivity contribution < 1.29 is 4.74 Å². The van der Waals surface area contributed by atoms with Gasteiger partial charge in [-0.25, -0.2) is 0 Å². The zero-order valence-electron chi connectivity index (χ0n) is 6.93. The fourth-order valence-electron chi connectivity index (χ4n) is 1.53. The molecule has 1 aliphatic rings. The van der Waals surface area contributed by atoms with Crippen LogP contribution in [0.2, 0.25) is 0 Å². The molecule has 0 bridgehead atoms. The van der Waals surface area contributed by atoms with Crippen molar-refractivity contribution in [3.05, 3.63) is 0 Å². The molecule has 0 spiro atoms. The minimum Gasteiger partial charge on any atom is -0.484 e. The van der Waals surface area contributed by atoms with Crippen molar-refractivity contribution in [2.45, 2.75) is 32.1 Å². The molecule has 0 radical (unpaired) electrons. The molecule has 0 heterocycles. The average molecular weight is 178 g/mol. The summed E-state index contributed by atoms with van der Waals surface area (Å²) in [6.07, 6.45) is 6.21. The van der Waals surface area contributed by atoms with E-state index in [2.05, 4.69) is 0 Å². The van der Waals surface area contributed by atoms with E-state index in [0.717, 1.165) is 12.8 Å². The Morgan fingerprint density at radius 3 is 2.27 bits per heavy atom. The fraction of sp³-hybridized carbons (Fsp3) is 0.875. The van der Waals surface area contributed by atoms with E-state index in [1.54, 1.807) is 7.11 Å². The summed E-state index contributed by atoms with van der Waals surface area (Å²) in [5.41, 5.74) is 0. The van der Waals surface area contributed by atoms with Gasteiger partial charge in [0.1, 0.15) is 0 Å². The molecular weight excluding hydrogens is 162 g/mol. The zero-order valence-corrected chi connectivity index (χ0v) is 7.75. The molecule has 0 aliphatic heterocycles. The minimum atomic E-state index is 0. The minimum absolute atomic E-state index is 0. The van der Waals surface area contributed by atoms with Crippen LogP contribution in [0.25, 0.3) is 0 Å². The van der Waals surface area contributed by atoms with Gasteiger partial charge >= 0.3 is 0 Å². The summed E-state index contributed by atoms with van der Waals surface area (Å²) >= 11 is 0. The second-order valence-electron chi connectivity index (χ2n) is 2.90. The molecule has 1 rings (SSSR count). The van der Waals surface area contributed by atoms with Crippen LogP contribution >= 0.6 is 12.4 Å². The Morgan fingerprint density at radius 2 is 1.82 bits per heavy atom. The molecule has 0 aromatic heterocycles. The molecule has 0 saturated heterocycles. The molecule has 0 aromatic rings. The van der Waals surface area contributed by atoms with E-state index in [1.807, 2.05) is 0 Å². The molecule has 1 N–H and O–H groups in total. The van der Waals surface area contributed by atoms with Gasteiger partial charge in [-0.15, -0.1) is 12.4 Å². The van der Waals surface area contributed by atoms with Crippen molar-refractivity contribution in [1.82, 2.24) is 0 Å². The van der Waals surface area contributed by atoms with Gasteiger partial charge in [0.25, 0.3) is 0 Å². The normalized spacial score (nSPS) is 18.6. The van der Waals surface area contributed by atoms with Crippen LogP contribution in [0.1, 0.15) is 32.1 Å². The summed E-state index contributed by atoms with van der Waals surface area (Å²) in [6, 6.07) is 0. The highest BCUT2D eigenvalue weighted by molar-refractivity contribution is 5.85. The first kappa shape index (κ1) is 10.8. The summed E-state index contributed by atoms with van der Waals surface area (Å²) < 4.78 is 4.87. The van der Waals surface area contributed by atoms with E-state index in [4.69, 9.17) is 10.1 Å². The fourth-order valence-corrected chi connectivity index (χ4v) is 1.53. The smallest absolute Gasteiger partial charge is 0.183 e. The van der Waals surface area contributed by atoms with Crippen molar-refractivity contribution >= 4 is 18.3 Å². The van der Waals surface area contributed by atoms with Crippen LogP contribution in [0, 0.1) is 11.3 Å². The van der Waals surface area contributed by atoms with Crippen molar-refractivity contribution in [3.8, 4) is 0 Å². The van der Waals surface area contributed by atoms with E-state index < -0.39 is 0 Å². The Bertz CT molecular complexity index is 121. The lowest BCUT2D eigenvalue weighted by molar-refractivity contribution is 0.323. The third-order valence-electron chi connectivity index (χ3n) is 2.20. The van der Waals surface area contributed by atoms with Crippen LogP contribution in [-0.4, -0.2) is 13.0 Å². The molecule has 2 nitrogen and oxygen atoms in total. The molecule has 0 atom stereocenters. The molecule has 66 valence electrons. The first-order valence-corrected chi connectivity index (χ1v) is 3.97. The predicted molar refractivity (Wildman–Crippen MR) is 48.6 cm³/mol. The lowest BCUT2D eigenvalue weighted by atomic mass is 9.89. The second-order valence-corrected chi connectivity index (χ2v) is 2.90. The number of methoxy groups -OCH3 is 1. The highest BCUT2D eigenvalue weighted by Crippen LogP contribution is 2.24. The van der Waals surface area contributed by atoms with Gasteiger partial charge in [-0.2, -0.15) is 0 Å².